The molecule has 134 valence electrons. The maximum Gasteiger partial charge on any atom is 0.279 e. The summed E-state index contributed by atoms with van der Waals surface area (Å²) in [5, 5.41) is 8.64. The monoisotopic (exact) mass is 372 g/mol. The molecule has 4 aromatic rings. The van der Waals surface area contributed by atoms with Crippen molar-refractivity contribution in [2.24, 2.45) is 0 Å². The van der Waals surface area contributed by atoms with Gasteiger partial charge in [0.1, 0.15) is 12.0 Å². The molecule has 0 fully saturated rings. The topological polar surface area (TPSA) is 79.2 Å². The number of ether oxygens (including phenoxy) is 1. The number of hydrogen-bond donors (Lipinski definition) is 0. The second-order valence-electron chi connectivity index (χ2n) is 6.25. The Kier molecular flexibility index (Phi) is 4.01. The minimum Gasteiger partial charge on any atom is -0.378 e. The molecule has 0 amide bonds. The summed E-state index contributed by atoms with van der Waals surface area (Å²) >= 11 is 6.41. The number of nitrogens with zero attached hydrogens (tertiary/aromatic N) is 6. The summed E-state index contributed by atoms with van der Waals surface area (Å²) in [6, 6.07) is 5.47. The van der Waals surface area contributed by atoms with Crippen LogP contribution in [-0.2, 0) is 11.3 Å². The van der Waals surface area contributed by atoms with Crippen LogP contribution in [0.15, 0.2) is 35.5 Å². The quantitative estimate of drug-likeness (QED) is 0.550. The molecule has 0 saturated heterocycles. The Balaban J connectivity index is 2.10. The number of imidazole rings is 1. The van der Waals surface area contributed by atoms with Crippen molar-refractivity contribution in [2.75, 3.05) is 7.11 Å². The Morgan fingerprint density at radius 1 is 1.27 bits per heavy atom. The van der Waals surface area contributed by atoms with E-state index in [4.69, 9.17) is 16.3 Å². The highest BCUT2D eigenvalue weighted by atomic mass is 35.5. The van der Waals surface area contributed by atoms with Gasteiger partial charge in [-0.2, -0.15) is 4.68 Å². The third-order valence-electron chi connectivity index (χ3n) is 4.20. The number of aromatic nitrogens is 6. The molecule has 0 saturated carbocycles. The number of hydrogen-bond acceptors (Lipinski definition) is 5. The Hall–Kier alpha value is -2.71. The van der Waals surface area contributed by atoms with Gasteiger partial charge in [0.15, 0.2) is 11.3 Å². The van der Waals surface area contributed by atoms with Gasteiger partial charge in [-0.3, -0.25) is 9.20 Å². The Morgan fingerprint density at radius 2 is 2.08 bits per heavy atom. The van der Waals surface area contributed by atoms with Crippen LogP contribution in [0, 0.1) is 0 Å². The number of para-hydroxylation sites is 1. The van der Waals surface area contributed by atoms with Gasteiger partial charge in [-0.25, -0.2) is 4.98 Å². The molecular formula is C17H17ClN6O2. The van der Waals surface area contributed by atoms with Gasteiger partial charge in [0.05, 0.1) is 28.9 Å². The first-order valence-electron chi connectivity index (χ1n) is 8.13. The van der Waals surface area contributed by atoms with Crippen molar-refractivity contribution >= 4 is 28.2 Å². The van der Waals surface area contributed by atoms with E-state index in [1.54, 1.807) is 34.7 Å². The molecule has 1 aromatic carbocycles. The fraction of sp³-hybridized carbons (Fsp3) is 0.294. The molecule has 0 N–H and O–H groups in total. The van der Waals surface area contributed by atoms with E-state index in [0.29, 0.717) is 34.2 Å². The van der Waals surface area contributed by atoms with Gasteiger partial charge in [-0.15, -0.1) is 5.10 Å². The second-order valence-corrected chi connectivity index (χ2v) is 6.66. The highest BCUT2D eigenvalue weighted by molar-refractivity contribution is 6.35. The molecule has 0 aliphatic rings. The van der Waals surface area contributed by atoms with Crippen LogP contribution < -0.4 is 5.56 Å². The van der Waals surface area contributed by atoms with Crippen LogP contribution in [0.4, 0.5) is 0 Å². The standard InChI is InChI=1S/C17H17ClN6O2/c1-10(2)24-14-12(18)5-4-6-13(14)22-9-19-16(15(22)17(24)25)23-7-11(8-26-3)20-21-23/h4-7,9-10H,8H2,1-3H3. The lowest BCUT2D eigenvalue weighted by atomic mass is 10.2. The Bertz CT molecular complexity index is 1170. The van der Waals surface area contributed by atoms with Crippen LogP contribution in [-0.4, -0.2) is 36.1 Å². The van der Waals surface area contributed by atoms with Gasteiger partial charge < -0.3 is 9.30 Å². The van der Waals surface area contributed by atoms with E-state index in [0.717, 1.165) is 5.52 Å². The summed E-state index contributed by atoms with van der Waals surface area (Å²) in [4.78, 5) is 17.7. The van der Waals surface area contributed by atoms with Gasteiger partial charge in [-0.1, -0.05) is 22.9 Å². The lowest BCUT2D eigenvalue weighted by Gasteiger charge is -2.16. The Morgan fingerprint density at radius 3 is 2.81 bits per heavy atom. The molecule has 8 nitrogen and oxygen atoms in total. The molecule has 4 rings (SSSR count). The third kappa shape index (κ3) is 2.41. The van der Waals surface area contributed by atoms with Crippen LogP contribution in [0.25, 0.3) is 22.4 Å². The number of rotatable bonds is 4. The maximum atomic E-state index is 13.3. The van der Waals surface area contributed by atoms with E-state index in [-0.39, 0.29) is 11.6 Å². The molecule has 3 heterocycles. The molecule has 0 unspecified atom stereocenters. The van der Waals surface area contributed by atoms with E-state index in [1.807, 2.05) is 26.0 Å². The van der Waals surface area contributed by atoms with E-state index in [1.165, 1.54) is 4.68 Å². The SMILES string of the molecule is COCc1cn(-c2ncn3c2c(=O)n(C(C)C)c2c(Cl)cccc23)nn1. The molecule has 0 bridgehead atoms. The van der Waals surface area contributed by atoms with Crippen molar-refractivity contribution < 1.29 is 4.74 Å². The number of fused-ring (bicyclic) bond motifs is 3. The minimum atomic E-state index is -0.183. The van der Waals surface area contributed by atoms with E-state index < -0.39 is 0 Å². The number of benzene rings is 1. The molecule has 3 aromatic heterocycles. The zero-order valence-corrected chi connectivity index (χ0v) is 15.3. The lowest BCUT2D eigenvalue weighted by Crippen LogP contribution is -2.25. The van der Waals surface area contributed by atoms with Crippen molar-refractivity contribution in [2.45, 2.75) is 26.5 Å². The summed E-state index contributed by atoms with van der Waals surface area (Å²) < 4.78 is 9.99. The van der Waals surface area contributed by atoms with E-state index in [2.05, 4.69) is 15.3 Å². The largest absolute Gasteiger partial charge is 0.378 e. The van der Waals surface area contributed by atoms with Crippen molar-refractivity contribution in [3.05, 3.63) is 51.8 Å². The summed E-state index contributed by atoms with van der Waals surface area (Å²) in [7, 11) is 1.59. The summed E-state index contributed by atoms with van der Waals surface area (Å²) in [6.07, 6.45) is 3.31. The smallest absolute Gasteiger partial charge is 0.279 e. The first-order valence-corrected chi connectivity index (χ1v) is 8.51. The van der Waals surface area contributed by atoms with Crippen LogP contribution >= 0.6 is 11.6 Å². The first-order chi connectivity index (χ1) is 12.5. The van der Waals surface area contributed by atoms with E-state index >= 15 is 0 Å². The zero-order chi connectivity index (χ0) is 18.4. The predicted octanol–water partition coefficient (Wildman–Crippen LogP) is 2.61. The van der Waals surface area contributed by atoms with Crippen molar-refractivity contribution in [3.63, 3.8) is 0 Å². The van der Waals surface area contributed by atoms with Crippen molar-refractivity contribution in [1.29, 1.82) is 0 Å². The number of methoxy groups -OCH3 is 1. The van der Waals surface area contributed by atoms with Gasteiger partial charge in [0.25, 0.3) is 5.56 Å². The Labute approximate surface area is 153 Å². The molecule has 9 heteroatoms. The molecule has 0 aliphatic heterocycles. The van der Waals surface area contributed by atoms with Crippen LogP contribution in [0.2, 0.25) is 5.02 Å². The van der Waals surface area contributed by atoms with Crippen LogP contribution in [0.3, 0.4) is 0 Å². The molecule has 0 spiro atoms. The summed E-state index contributed by atoms with van der Waals surface area (Å²) in [6.45, 7) is 4.23. The first kappa shape index (κ1) is 16.7. The molecule has 0 atom stereocenters. The molecular weight excluding hydrogens is 356 g/mol. The van der Waals surface area contributed by atoms with Gasteiger partial charge in [-0.05, 0) is 26.0 Å². The third-order valence-corrected chi connectivity index (χ3v) is 4.51. The highest BCUT2D eigenvalue weighted by Gasteiger charge is 2.20. The number of halogens is 1. The summed E-state index contributed by atoms with van der Waals surface area (Å²) in [5.41, 5.74) is 2.38. The fourth-order valence-electron chi connectivity index (χ4n) is 3.15. The molecule has 0 radical (unpaired) electrons. The zero-order valence-electron chi connectivity index (χ0n) is 14.5. The van der Waals surface area contributed by atoms with Crippen LogP contribution in [0.1, 0.15) is 25.6 Å². The summed E-state index contributed by atoms with van der Waals surface area (Å²) in [5.74, 6) is 0.418. The fourth-order valence-corrected chi connectivity index (χ4v) is 3.41. The average Bonchev–Trinajstić information content (AvgIpc) is 3.23. The van der Waals surface area contributed by atoms with Crippen molar-refractivity contribution in [1.82, 2.24) is 28.9 Å². The minimum absolute atomic E-state index is 0.0718. The molecule has 26 heavy (non-hydrogen) atoms. The van der Waals surface area contributed by atoms with Gasteiger partial charge in [0, 0.05) is 13.2 Å². The molecule has 0 aliphatic carbocycles. The van der Waals surface area contributed by atoms with Gasteiger partial charge >= 0.3 is 0 Å². The second kappa shape index (κ2) is 6.22. The average molecular weight is 373 g/mol. The normalized spacial score (nSPS) is 11.9. The lowest BCUT2D eigenvalue weighted by molar-refractivity contribution is 0.181. The van der Waals surface area contributed by atoms with Gasteiger partial charge in [0.2, 0.25) is 0 Å². The highest BCUT2D eigenvalue weighted by Crippen LogP contribution is 2.26. The van der Waals surface area contributed by atoms with Crippen LogP contribution in [0.5, 0.6) is 0 Å². The maximum absolute atomic E-state index is 13.3. The predicted molar refractivity (Wildman–Crippen MR) is 98.0 cm³/mol. The van der Waals surface area contributed by atoms with E-state index in [9.17, 15) is 4.79 Å². The van der Waals surface area contributed by atoms with Crippen molar-refractivity contribution in [3.8, 4) is 5.82 Å².